The lowest BCUT2D eigenvalue weighted by Gasteiger charge is -2.03. The van der Waals surface area contributed by atoms with E-state index in [1.54, 1.807) is 13.3 Å². The van der Waals surface area contributed by atoms with Crippen LogP contribution in [-0.4, -0.2) is 27.1 Å². The molecule has 3 aromatic rings. The predicted octanol–water partition coefficient (Wildman–Crippen LogP) is 3.00. The van der Waals surface area contributed by atoms with Gasteiger partial charge in [-0.25, -0.2) is 4.68 Å². The van der Waals surface area contributed by atoms with Gasteiger partial charge in [0, 0.05) is 11.8 Å². The summed E-state index contributed by atoms with van der Waals surface area (Å²) >= 11 is 2.26. The molecule has 0 saturated carbocycles. The Labute approximate surface area is 136 Å². The summed E-state index contributed by atoms with van der Waals surface area (Å²) < 4.78 is 8.01. The molecule has 0 bridgehead atoms. The van der Waals surface area contributed by atoms with Crippen LogP contribution in [0, 0.1) is 3.70 Å². The molecule has 0 amide bonds. The van der Waals surface area contributed by atoms with Gasteiger partial charge >= 0.3 is 0 Å². The summed E-state index contributed by atoms with van der Waals surface area (Å²) in [4.78, 5) is 4.31. The second-order valence-corrected chi connectivity index (χ2v) is 5.46. The Balaban J connectivity index is 1.88. The van der Waals surface area contributed by atoms with E-state index in [0.717, 1.165) is 26.4 Å². The van der Waals surface area contributed by atoms with Crippen LogP contribution in [0.2, 0.25) is 0 Å². The summed E-state index contributed by atoms with van der Waals surface area (Å²) in [5.74, 6) is 0.828. The molecule has 0 N–H and O–H groups in total. The van der Waals surface area contributed by atoms with E-state index in [9.17, 15) is 0 Å². The summed E-state index contributed by atoms with van der Waals surface area (Å²) in [6.07, 6.45) is 1.78. The Kier molecular flexibility index (Phi) is 4.14. The van der Waals surface area contributed by atoms with E-state index >= 15 is 0 Å². The van der Waals surface area contributed by atoms with Crippen LogP contribution in [0.3, 0.4) is 0 Å². The third-order valence-electron chi connectivity index (χ3n) is 3.08. The van der Waals surface area contributed by atoms with E-state index in [1.807, 2.05) is 47.1 Å². The standard InChI is InChI=1S/C15H13IN4O/c1-21-13-7-5-11(6-8-13)14-15(16)20(19-18-14)10-12-4-2-3-9-17-12/h2-9H,10H2,1H3. The zero-order chi connectivity index (χ0) is 14.7. The van der Waals surface area contributed by atoms with Crippen molar-refractivity contribution in [2.24, 2.45) is 0 Å². The van der Waals surface area contributed by atoms with Crippen molar-refractivity contribution in [3.63, 3.8) is 0 Å². The zero-order valence-corrected chi connectivity index (χ0v) is 13.6. The highest BCUT2D eigenvalue weighted by Gasteiger charge is 2.12. The molecule has 21 heavy (non-hydrogen) atoms. The lowest BCUT2D eigenvalue weighted by atomic mass is 10.2. The fourth-order valence-corrected chi connectivity index (χ4v) is 2.66. The topological polar surface area (TPSA) is 52.8 Å². The largest absolute Gasteiger partial charge is 0.497 e. The maximum Gasteiger partial charge on any atom is 0.128 e. The number of rotatable bonds is 4. The first-order chi connectivity index (χ1) is 10.3. The summed E-state index contributed by atoms with van der Waals surface area (Å²) in [5, 5.41) is 8.49. The van der Waals surface area contributed by atoms with Crippen molar-refractivity contribution in [3.05, 3.63) is 58.1 Å². The molecule has 6 heteroatoms. The summed E-state index contributed by atoms with van der Waals surface area (Å²) in [5.41, 5.74) is 2.85. The van der Waals surface area contributed by atoms with Crippen molar-refractivity contribution in [2.45, 2.75) is 6.54 Å². The number of nitrogens with zero attached hydrogens (tertiary/aromatic N) is 4. The number of pyridine rings is 1. The number of benzene rings is 1. The fraction of sp³-hybridized carbons (Fsp3) is 0.133. The molecule has 106 valence electrons. The molecule has 0 aliphatic carbocycles. The monoisotopic (exact) mass is 392 g/mol. The fourth-order valence-electron chi connectivity index (χ4n) is 1.97. The molecular formula is C15H13IN4O. The molecule has 2 heterocycles. The van der Waals surface area contributed by atoms with Crippen LogP contribution in [0.1, 0.15) is 5.69 Å². The number of methoxy groups -OCH3 is 1. The average Bonchev–Trinajstić information content (AvgIpc) is 2.89. The Morgan fingerprint density at radius 1 is 1.14 bits per heavy atom. The molecule has 5 nitrogen and oxygen atoms in total. The van der Waals surface area contributed by atoms with Crippen LogP contribution in [0.5, 0.6) is 5.75 Å². The van der Waals surface area contributed by atoms with E-state index in [4.69, 9.17) is 4.74 Å². The second-order valence-electron chi connectivity index (χ2n) is 4.44. The van der Waals surface area contributed by atoms with Gasteiger partial charge in [-0.2, -0.15) is 0 Å². The number of ether oxygens (including phenoxy) is 1. The molecular weight excluding hydrogens is 379 g/mol. The number of hydrogen-bond donors (Lipinski definition) is 0. The molecule has 0 aliphatic rings. The van der Waals surface area contributed by atoms with Crippen molar-refractivity contribution in [1.82, 2.24) is 20.0 Å². The van der Waals surface area contributed by atoms with E-state index in [1.165, 1.54) is 0 Å². The van der Waals surface area contributed by atoms with Gasteiger partial charge in [-0.15, -0.1) is 5.10 Å². The van der Waals surface area contributed by atoms with Crippen LogP contribution < -0.4 is 4.74 Å². The summed E-state index contributed by atoms with van der Waals surface area (Å²) in [7, 11) is 1.65. The second kappa shape index (κ2) is 6.21. The Morgan fingerprint density at radius 3 is 2.62 bits per heavy atom. The first kappa shape index (κ1) is 14.0. The first-order valence-corrected chi connectivity index (χ1v) is 7.49. The van der Waals surface area contributed by atoms with Gasteiger partial charge in [-0.1, -0.05) is 11.3 Å². The SMILES string of the molecule is COc1ccc(-c2nnn(Cc3ccccn3)c2I)cc1. The van der Waals surface area contributed by atoms with E-state index in [2.05, 4.69) is 37.9 Å². The van der Waals surface area contributed by atoms with Gasteiger partial charge in [0.1, 0.15) is 15.1 Å². The lowest BCUT2D eigenvalue weighted by molar-refractivity contribution is 0.415. The van der Waals surface area contributed by atoms with Crippen molar-refractivity contribution in [3.8, 4) is 17.0 Å². The van der Waals surface area contributed by atoms with Crippen LogP contribution >= 0.6 is 22.6 Å². The smallest absolute Gasteiger partial charge is 0.128 e. The highest BCUT2D eigenvalue weighted by Crippen LogP contribution is 2.25. The van der Waals surface area contributed by atoms with Gasteiger partial charge in [-0.05, 0) is 59.0 Å². The van der Waals surface area contributed by atoms with Gasteiger partial charge in [0.15, 0.2) is 0 Å². The number of aromatic nitrogens is 4. The molecule has 3 rings (SSSR count). The maximum atomic E-state index is 5.17. The van der Waals surface area contributed by atoms with Gasteiger partial charge in [0.05, 0.1) is 19.3 Å². The molecule has 0 atom stereocenters. The molecule has 2 aromatic heterocycles. The van der Waals surface area contributed by atoms with Crippen LogP contribution in [-0.2, 0) is 6.54 Å². The van der Waals surface area contributed by atoms with Gasteiger partial charge in [0.2, 0.25) is 0 Å². The molecule has 0 saturated heterocycles. The van der Waals surface area contributed by atoms with Gasteiger partial charge in [0.25, 0.3) is 0 Å². The van der Waals surface area contributed by atoms with E-state index < -0.39 is 0 Å². The number of hydrogen-bond acceptors (Lipinski definition) is 4. The summed E-state index contributed by atoms with van der Waals surface area (Å²) in [6.45, 7) is 0.613. The minimum Gasteiger partial charge on any atom is -0.497 e. The average molecular weight is 392 g/mol. The molecule has 0 radical (unpaired) electrons. The lowest BCUT2D eigenvalue weighted by Crippen LogP contribution is -2.05. The Bertz CT molecular complexity index is 725. The first-order valence-electron chi connectivity index (χ1n) is 6.41. The zero-order valence-electron chi connectivity index (χ0n) is 11.4. The maximum absolute atomic E-state index is 5.17. The minimum absolute atomic E-state index is 0.613. The highest BCUT2D eigenvalue weighted by molar-refractivity contribution is 14.1. The Morgan fingerprint density at radius 2 is 1.95 bits per heavy atom. The molecule has 0 aliphatic heterocycles. The van der Waals surface area contributed by atoms with Crippen molar-refractivity contribution in [1.29, 1.82) is 0 Å². The van der Waals surface area contributed by atoms with E-state index in [0.29, 0.717) is 6.54 Å². The van der Waals surface area contributed by atoms with Crippen molar-refractivity contribution in [2.75, 3.05) is 7.11 Å². The normalized spacial score (nSPS) is 10.6. The van der Waals surface area contributed by atoms with Gasteiger partial charge < -0.3 is 4.74 Å². The molecule has 0 spiro atoms. The van der Waals surface area contributed by atoms with E-state index in [-0.39, 0.29) is 0 Å². The molecule has 0 unspecified atom stereocenters. The quantitative estimate of drug-likeness (QED) is 0.641. The van der Waals surface area contributed by atoms with Gasteiger partial charge in [-0.3, -0.25) is 4.98 Å². The van der Waals surface area contributed by atoms with Crippen LogP contribution in [0.25, 0.3) is 11.3 Å². The molecule has 0 fully saturated rings. The van der Waals surface area contributed by atoms with Crippen LogP contribution in [0.15, 0.2) is 48.7 Å². The molecule has 1 aromatic carbocycles. The highest BCUT2D eigenvalue weighted by atomic mass is 127. The predicted molar refractivity (Wildman–Crippen MR) is 88.1 cm³/mol. The van der Waals surface area contributed by atoms with Crippen molar-refractivity contribution >= 4 is 22.6 Å². The van der Waals surface area contributed by atoms with Crippen molar-refractivity contribution < 1.29 is 4.74 Å². The number of halogens is 1. The summed E-state index contributed by atoms with van der Waals surface area (Å²) in [6, 6.07) is 13.7. The third-order valence-corrected chi connectivity index (χ3v) is 4.14. The Hall–Kier alpha value is -1.96. The minimum atomic E-state index is 0.613. The third kappa shape index (κ3) is 3.05. The van der Waals surface area contributed by atoms with Crippen LogP contribution in [0.4, 0.5) is 0 Å².